The Hall–Kier alpha value is -1.75. The fourth-order valence-corrected chi connectivity index (χ4v) is 4.81. The second-order valence-corrected chi connectivity index (χ2v) is 8.25. The lowest BCUT2D eigenvalue weighted by Crippen LogP contribution is -2.45. The molecular weight excluding hydrogens is 328 g/mol. The highest BCUT2D eigenvalue weighted by atomic mass is 16.5. The van der Waals surface area contributed by atoms with Crippen molar-refractivity contribution in [2.75, 3.05) is 40.4 Å². The number of likely N-dealkylation sites (tertiary alicyclic amines) is 2. The van der Waals surface area contributed by atoms with Crippen LogP contribution in [0.5, 0.6) is 11.5 Å². The SMILES string of the molecule is COc1cccc(CN2CCCC3(CCN(C(=O)C4CC4)C3)C2)c1OC. The van der Waals surface area contributed by atoms with E-state index < -0.39 is 0 Å². The van der Waals surface area contributed by atoms with Gasteiger partial charge < -0.3 is 14.4 Å². The molecule has 3 fully saturated rings. The highest BCUT2D eigenvalue weighted by Crippen LogP contribution is 2.42. The molecule has 0 bridgehead atoms. The zero-order valence-electron chi connectivity index (χ0n) is 16.0. The second-order valence-electron chi connectivity index (χ2n) is 8.25. The van der Waals surface area contributed by atoms with Crippen molar-refractivity contribution in [2.24, 2.45) is 11.3 Å². The van der Waals surface area contributed by atoms with Crippen molar-refractivity contribution in [1.29, 1.82) is 0 Å². The van der Waals surface area contributed by atoms with Gasteiger partial charge in [-0.15, -0.1) is 0 Å². The molecule has 2 aliphatic heterocycles. The minimum atomic E-state index is 0.287. The first-order chi connectivity index (χ1) is 12.6. The van der Waals surface area contributed by atoms with E-state index in [0.29, 0.717) is 11.8 Å². The summed E-state index contributed by atoms with van der Waals surface area (Å²) in [6.07, 6.45) is 5.80. The van der Waals surface area contributed by atoms with Crippen LogP contribution in [0, 0.1) is 11.3 Å². The summed E-state index contributed by atoms with van der Waals surface area (Å²) in [4.78, 5) is 17.1. The van der Waals surface area contributed by atoms with Gasteiger partial charge in [0.25, 0.3) is 0 Å². The van der Waals surface area contributed by atoms with E-state index in [4.69, 9.17) is 9.47 Å². The summed E-state index contributed by atoms with van der Waals surface area (Å²) in [7, 11) is 3.39. The predicted octanol–water partition coefficient (Wildman–Crippen LogP) is 2.93. The van der Waals surface area contributed by atoms with Crippen molar-refractivity contribution in [1.82, 2.24) is 9.80 Å². The van der Waals surface area contributed by atoms with E-state index >= 15 is 0 Å². The molecule has 4 rings (SSSR count). The zero-order valence-corrected chi connectivity index (χ0v) is 16.0. The van der Waals surface area contributed by atoms with Gasteiger partial charge in [0.15, 0.2) is 11.5 Å². The molecule has 0 N–H and O–H groups in total. The fraction of sp³-hybridized carbons (Fsp3) is 0.667. The molecule has 26 heavy (non-hydrogen) atoms. The molecule has 2 heterocycles. The number of hydrogen-bond acceptors (Lipinski definition) is 4. The molecule has 1 atom stereocenters. The molecule has 5 heteroatoms. The van der Waals surface area contributed by atoms with E-state index in [1.807, 2.05) is 12.1 Å². The third kappa shape index (κ3) is 3.41. The van der Waals surface area contributed by atoms with Gasteiger partial charge >= 0.3 is 0 Å². The molecule has 1 saturated carbocycles. The molecule has 1 amide bonds. The fourth-order valence-electron chi connectivity index (χ4n) is 4.81. The Morgan fingerprint density at radius 3 is 2.73 bits per heavy atom. The first kappa shape index (κ1) is 17.7. The van der Waals surface area contributed by atoms with Gasteiger partial charge in [-0.25, -0.2) is 0 Å². The molecule has 1 spiro atoms. The summed E-state index contributed by atoms with van der Waals surface area (Å²) in [6.45, 7) is 4.96. The molecule has 1 unspecified atom stereocenters. The largest absolute Gasteiger partial charge is 0.493 e. The Bertz CT molecular complexity index is 673. The van der Waals surface area contributed by atoms with E-state index in [-0.39, 0.29) is 5.41 Å². The molecular formula is C21H30N2O3. The maximum atomic E-state index is 12.4. The third-order valence-corrected chi connectivity index (χ3v) is 6.30. The van der Waals surface area contributed by atoms with Crippen LogP contribution in [0.4, 0.5) is 0 Å². The van der Waals surface area contributed by atoms with Crippen LogP contribution in [0.15, 0.2) is 18.2 Å². The molecule has 1 aliphatic carbocycles. The van der Waals surface area contributed by atoms with Crippen molar-refractivity contribution >= 4 is 5.91 Å². The predicted molar refractivity (Wildman–Crippen MR) is 100 cm³/mol. The number of benzene rings is 1. The molecule has 142 valence electrons. The first-order valence-corrected chi connectivity index (χ1v) is 9.85. The average Bonchev–Trinajstić information content (AvgIpc) is 3.43. The average molecular weight is 358 g/mol. The van der Waals surface area contributed by atoms with Crippen LogP contribution in [0.1, 0.15) is 37.7 Å². The van der Waals surface area contributed by atoms with Gasteiger partial charge in [-0.3, -0.25) is 9.69 Å². The van der Waals surface area contributed by atoms with E-state index in [2.05, 4.69) is 15.9 Å². The topological polar surface area (TPSA) is 42.0 Å². The van der Waals surface area contributed by atoms with Crippen LogP contribution in [0.25, 0.3) is 0 Å². The van der Waals surface area contributed by atoms with Crippen molar-refractivity contribution in [3.8, 4) is 11.5 Å². The van der Waals surface area contributed by atoms with Gasteiger partial charge in [0.2, 0.25) is 5.91 Å². The zero-order chi connectivity index (χ0) is 18.1. The monoisotopic (exact) mass is 358 g/mol. The number of ether oxygens (including phenoxy) is 2. The molecule has 0 aromatic heterocycles. The van der Waals surface area contributed by atoms with Crippen LogP contribution < -0.4 is 9.47 Å². The number of para-hydroxylation sites is 1. The maximum absolute atomic E-state index is 12.4. The number of nitrogens with zero attached hydrogens (tertiary/aromatic N) is 2. The number of piperidine rings is 1. The Balaban J connectivity index is 1.44. The highest BCUT2D eigenvalue weighted by molar-refractivity contribution is 5.81. The highest BCUT2D eigenvalue weighted by Gasteiger charge is 2.45. The molecule has 1 aromatic carbocycles. The Morgan fingerprint density at radius 2 is 2.00 bits per heavy atom. The van der Waals surface area contributed by atoms with Crippen molar-refractivity contribution in [3.63, 3.8) is 0 Å². The smallest absolute Gasteiger partial charge is 0.225 e. The van der Waals surface area contributed by atoms with E-state index in [1.165, 1.54) is 18.4 Å². The Morgan fingerprint density at radius 1 is 1.15 bits per heavy atom. The molecule has 5 nitrogen and oxygen atoms in total. The number of amides is 1. The summed E-state index contributed by atoms with van der Waals surface area (Å²) in [5.41, 5.74) is 1.46. The molecule has 1 aromatic rings. The third-order valence-electron chi connectivity index (χ3n) is 6.30. The molecule has 2 saturated heterocycles. The van der Waals surface area contributed by atoms with Gasteiger partial charge in [-0.1, -0.05) is 12.1 Å². The van der Waals surface area contributed by atoms with Crippen LogP contribution in [0.2, 0.25) is 0 Å². The standard InChI is InChI=1S/C21H30N2O3/c1-25-18-6-3-5-17(19(18)26-2)13-22-11-4-9-21(14-22)10-12-23(15-21)20(24)16-7-8-16/h3,5-6,16H,4,7-15H2,1-2H3. The van der Waals surface area contributed by atoms with E-state index in [0.717, 1.165) is 63.5 Å². The van der Waals surface area contributed by atoms with Crippen LogP contribution in [-0.2, 0) is 11.3 Å². The normalized spacial score (nSPS) is 26.3. The minimum absolute atomic E-state index is 0.287. The van der Waals surface area contributed by atoms with Crippen molar-refractivity contribution in [3.05, 3.63) is 23.8 Å². The maximum Gasteiger partial charge on any atom is 0.225 e. The van der Waals surface area contributed by atoms with Gasteiger partial charge in [0.1, 0.15) is 0 Å². The van der Waals surface area contributed by atoms with E-state index in [9.17, 15) is 4.79 Å². The summed E-state index contributed by atoms with van der Waals surface area (Å²) < 4.78 is 11.0. The van der Waals surface area contributed by atoms with Gasteiger partial charge in [0.05, 0.1) is 14.2 Å². The Kier molecular flexibility index (Phi) is 4.82. The van der Waals surface area contributed by atoms with E-state index in [1.54, 1.807) is 14.2 Å². The van der Waals surface area contributed by atoms with Crippen LogP contribution >= 0.6 is 0 Å². The summed E-state index contributed by atoms with van der Waals surface area (Å²) in [5, 5.41) is 0. The molecule has 3 aliphatic rings. The molecule has 0 radical (unpaired) electrons. The number of rotatable bonds is 5. The van der Waals surface area contributed by atoms with Crippen LogP contribution in [-0.4, -0.2) is 56.1 Å². The van der Waals surface area contributed by atoms with Crippen molar-refractivity contribution < 1.29 is 14.3 Å². The van der Waals surface area contributed by atoms with Gasteiger partial charge in [0, 0.05) is 43.1 Å². The quantitative estimate of drug-likeness (QED) is 0.812. The first-order valence-electron chi connectivity index (χ1n) is 9.85. The van der Waals surface area contributed by atoms with Gasteiger partial charge in [-0.05, 0) is 44.7 Å². The summed E-state index contributed by atoms with van der Waals surface area (Å²) in [5.74, 6) is 2.38. The lowest BCUT2D eigenvalue weighted by atomic mass is 9.79. The summed E-state index contributed by atoms with van der Waals surface area (Å²) >= 11 is 0. The number of methoxy groups -OCH3 is 2. The number of carbonyl (C=O) groups is 1. The Labute approximate surface area is 156 Å². The van der Waals surface area contributed by atoms with Crippen molar-refractivity contribution in [2.45, 2.75) is 38.6 Å². The lowest BCUT2D eigenvalue weighted by Gasteiger charge is -2.40. The number of carbonyl (C=O) groups excluding carboxylic acids is 1. The second kappa shape index (κ2) is 7.10. The van der Waals surface area contributed by atoms with Crippen LogP contribution in [0.3, 0.4) is 0 Å². The summed E-state index contributed by atoms with van der Waals surface area (Å²) in [6, 6.07) is 6.10. The lowest BCUT2D eigenvalue weighted by molar-refractivity contribution is -0.132. The minimum Gasteiger partial charge on any atom is -0.493 e. The number of hydrogen-bond donors (Lipinski definition) is 0. The van der Waals surface area contributed by atoms with Gasteiger partial charge in [-0.2, -0.15) is 0 Å².